The molecule has 1 N–H and O–H groups in total. The third kappa shape index (κ3) is 8.57. The number of methoxy groups -OCH3 is 1. The van der Waals surface area contributed by atoms with Gasteiger partial charge in [-0.15, -0.1) is 5.92 Å². The summed E-state index contributed by atoms with van der Waals surface area (Å²) in [4.78, 5) is 0. The van der Waals surface area contributed by atoms with Crippen LogP contribution in [0.4, 0.5) is 0 Å². The van der Waals surface area contributed by atoms with Crippen molar-refractivity contribution in [2.45, 2.75) is 90.1 Å². The molecule has 5 heteroatoms. The third-order valence-electron chi connectivity index (χ3n) is 8.05. The molecule has 3 unspecified atom stereocenters. The molecule has 1 aliphatic rings. The summed E-state index contributed by atoms with van der Waals surface area (Å²) in [5.74, 6) is 13.6. The number of aliphatic hydroxyl groups excluding tert-OH is 1. The summed E-state index contributed by atoms with van der Waals surface area (Å²) < 4.78 is 19.0. The highest BCUT2D eigenvalue weighted by Gasteiger charge is 2.52. The van der Waals surface area contributed by atoms with Gasteiger partial charge in [0.05, 0.1) is 6.10 Å². The number of allylic oxidation sites excluding steroid dienone is 2. The second kappa shape index (κ2) is 15.0. The molecule has 1 aliphatic carbocycles. The van der Waals surface area contributed by atoms with Gasteiger partial charge in [-0.2, -0.15) is 0 Å². The molecule has 3 rings (SSSR count). The second-order valence-corrected chi connectivity index (χ2v) is 16.8. The fourth-order valence-electron chi connectivity index (χ4n) is 5.57. The summed E-state index contributed by atoms with van der Waals surface area (Å²) in [5.41, 5.74) is 0.987. The van der Waals surface area contributed by atoms with Gasteiger partial charge in [0.1, 0.15) is 18.5 Å². The van der Waals surface area contributed by atoms with Crippen LogP contribution in [0.5, 0.6) is 0 Å². The van der Waals surface area contributed by atoms with E-state index < -0.39 is 26.1 Å². The van der Waals surface area contributed by atoms with Crippen molar-refractivity contribution in [2.75, 3.05) is 13.9 Å². The molecular formula is C37H48O4Si. The molecule has 42 heavy (non-hydrogen) atoms. The minimum Gasteiger partial charge on any atom is -0.394 e. The summed E-state index contributed by atoms with van der Waals surface area (Å²) in [5, 5.41) is 13.1. The molecule has 0 radical (unpaired) electrons. The Morgan fingerprint density at radius 1 is 1.07 bits per heavy atom. The van der Waals surface area contributed by atoms with Crippen molar-refractivity contribution < 1.29 is 19.0 Å². The van der Waals surface area contributed by atoms with Crippen molar-refractivity contribution in [2.24, 2.45) is 5.92 Å². The van der Waals surface area contributed by atoms with Gasteiger partial charge in [0.2, 0.25) is 0 Å². The fourth-order valence-corrected chi connectivity index (χ4v) is 10.2. The predicted octanol–water partition coefficient (Wildman–Crippen LogP) is 6.39. The average molecular weight is 585 g/mol. The maximum Gasteiger partial charge on any atom is 0.262 e. The lowest BCUT2D eigenvalue weighted by molar-refractivity contribution is -0.105. The summed E-state index contributed by atoms with van der Waals surface area (Å²) >= 11 is 0. The lowest BCUT2D eigenvalue weighted by Gasteiger charge is -2.45. The molecule has 0 heterocycles. The first-order chi connectivity index (χ1) is 19.9. The number of hydrogen-bond acceptors (Lipinski definition) is 4. The van der Waals surface area contributed by atoms with Crippen LogP contribution in [0.2, 0.25) is 5.04 Å². The van der Waals surface area contributed by atoms with E-state index in [0.29, 0.717) is 19.3 Å². The van der Waals surface area contributed by atoms with E-state index in [1.165, 1.54) is 10.4 Å². The zero-order valence-electron chi connectivity index (χ0n) is 26.5. The first-order valence-corrected chi connectivity index (χ1v) is 16.8. The number of rotatable bonds is 8. The van der Waals surface area contributed by atoms with E-state index in [4.69, 9.17) is 13.9 Å². The van der Waals surface area contributed by atoms with Gasteiger partial charge in [-0.25, -0.2) is 0 Å². The first kappa shape index (κ1) is 33.6. The fraction of sp³-hybridized carbons (Fsp3) is 0.459. The number of ether oxygens (including phenoxy) is 2. The van der Waals surface area contributed by atoms with Gasteiger partial charge >= 0.3 is 0 Å². The Bertz CT molecular complexity index is 1280. The van der Waals surface area contributed by atoms with E-state index in [0.717, 1.165) is 17.6 Å². The second-order valence-electron chi connectivity index (χ2n) is 12.6. The van der Waals surface area contributed by atoms with Crippen LogP contribution in [-0.2, 0) is 13.9 Å². The molecule has 2 aromatic carbocycles. The molecule has 0 aliphatic heterocycles. The number of aliphatic hydroxyl groups is 1. The molecule has 0 saturated carbocycles. The smallest absolute Gasteiger partial charge is 0.262 e. The van der Waals surface area contributed by atoms with Crippen LogP contribution in [-0.4, -0.2) is 45.1 Å². The predicted molar refractivity (Wildman–Crippen MR) is 176 cm³/mol. The molecular weight excluding hydrogens is 536 g/mol. The molecule has 224 valence electrons. The van der Waals surface area contributed by atoms with E-state index >= 15 is 0 Å². The Morgan fingerprint density at radius 2 is 1.67 bits per heavy atom. The Hall–Kier alpha value is -2.90. The van der Waals surface area contributed by atoms with Crippen LogP contribution in [0.3, 0.4) is 0 Å². The molecule has 4 nitrogen and oxygen atoms in total. The van der Waals surface area contributed by atoms with Gasteiger partial charge in [-0.1, -0.05) is 111 Å². The summed E-state index contributed by atoms with van der Waals surface area (Å²) in [6.45, 7) is 17.0. The average Bonchev–Trinajstić information content (AvgIpc) is 2.95. The highest BCUT2D eigenvalue weighted by molar-refractivity contribution is 6.99. The first-order valence-electron chi connectivity index (χ1n) is 14.8. The Labute approximate surface area is 255 Å². The topological polar surface area (TPSA) is 47.9 Å². The van der Waals surface area contributed by atoms with Crippen LogP contribution in [0.25, 0.3) is 0 Å². The molecule has 0 spiro atoms. The van der Waals surface area contributed by atoms with Crippen LogP contribution >= 0.6 is 0 Å². The van der Waals surface area contributed by atoms with Gasteiger partial charge in [-0.05, 0) is 66.6 Å². The third-order valence-corrected chi connectivity index (χ3v) is 13.1. The largest absolute Gasteiger partial charge is 0.394 e. The molecule has 0 bridgehead atoms. The van der Waals surface area contributed by atoms with Gasteiger partial charge in [0, 0.05) is 20.0 Å². The van der Waals surface area contributed by atoms with Crippen molar-refractivity contribution in [1.29, 1.82) is 0 Å². The van der Waals surface area contributed by atoms with Gasteiger partial charge < -0.3 is 19.0 Å². The van der Waals surface area contributed by atoms with Gasteiger partial charge in [-0.3, -0.25) is 0 Å². The highest BCUT2D eigenvalue weighted by Crippen LogP contribution is 2.38. The van der Waals surface area contributed by atoms with E-state index in [1.54, 1.807) is 13.2 Å². The van der Waals surface area contributed by atoms with Crippen LogP contribution in [0.15, 0.2) is 84.5 Å². The van der Waals surface area contributed by atoms with Crippen molar-refractivity contribution >= 4 is 18.7 Å². The van der Waals surface area contributed by atoms with Crippen LogP contribution in [0, 0.1) is 29.6 Å². The number of hydrogen-bond donors (Lipinski definition) is 1. The van der Waals surface area contributed by atoms with E-state index in [2.05, 4.69) is 99.6 Å². The maximum absolute atomic E-state index is 10.9. The summed E-state index contributed by atoms with van der Waals surface area (Å²) in [6.07, 6.45) is 3.28. The zero-order valence-corrected chi connectivity index (χ0v) is 27.5. The van der Waals surface area contributed by atoms with Crippen molar-refractivity contribution in [3.63, 3.8) is 0 Å². The van der Waals surface area contributed by atoms with Gasteiger partial charge in [0.25, 0.3) is 8.32 Å². The van der Waals surface area contributed by atoms with Crippen LogP contribution < -0.4 is 10.4 Å². The van der Waals surface area contributed by atoms with Crippen LogP contribution in [0.1, 0.15) is 67.2 Å². The van der Waals surface area contributed by atoms with Crippen molar-refractivity contribution in [3.8, 4) is 23.7 Å². The van der Waals surface area contributed by atoms with E-state index in [-0.39, 0.29) is 17.7 Å². The molecule has 0 saturated heterocycles. The minimum absolute atomic E-state index is 0.0934. The molecule has 0 fully saturated rings. The van der Waals surface area contributed by atoms with E-state index in [1.807, 2.05) is 32.9 Å². The SMILES string of the molecule is C=C(C)[C@H]1CCC#CC(O[Si](c2ccccc2)(c2ccccc2)C(C)(C)C)CC(C)(OCOC)C#C/C=C(\C)C(O)C1. The summed E-state index contributed by atoms with van der Waals surface area (Å²) in [6, 6.07) is 21.2. The Kier molecular flexibility index (Phi) is 12.0. The normalized spacial score (nSPS) is 25.0. The summed E-state index contributed by atoms with van der Waals surface area (Å²) in [7, 11) is -1.28. The van der Waals surface area contributed by atoms with E-state index in [9.17, 15) is 5.11 Å². The Morgan fingerprint density at radius 3 is 2.19 bits per heavy atom. The zero-order chi connectivity index (χ0) is 30.8. The monoisotopic (exact) mass is 584 g/mol. The molecule has 0 aromatic heterocycles. The highest BCUT2D eigenvalue weighted by atomic mass is 28.4. The maximum atomic E-state index is 10.9. The minimum atomic E-state index is -2.89. The lowest BCUT2D eigenvalue weighted by atomic mass is 9.88. The quantitative estimate of drug-likeness (QED) is 0.169. The molecule has 2 aromatic rings. The van der Waals surface area contributed by atoms with Crippen molar-refractivity contribution in [1.82, 2.24) is 0 Å². The standard InChI is InChI=1S/C37H48O4Si/c1-29(2)31-19-15-16-20-32(27-37(7,40-28-39-8)25-17-18-30(3)35(38)26-31)41-42(36(4,5)6,33-21-11-9-12-22-33)34-23-13-10-14-24-34/h9-14,18,21-24,31-32,35,38H,1,15,19,26-28H2,2-8H3/b30-18+/t31-,32?,35?,37?/m0/s1. The van der Waals surface area contributed by atoms with Gasteiger partial charge in [0.15, 0.2) is 0 Å². The number of benzene rings is 2. The Balaban J connectivity index is 2.19. The lowest BCUT2D eigenvalue weighted by Crippen LogP contribution is -2.67. The molecule has 0 amide bonds. The molecule has 4 atom stereocenters. The van der Waals surface area contributed by atoms with Crippen molar-refractivity contribution in [3.05, 3.63) is 84.5 Å².